The van der Waals surface area contributed by atoms with Crippen LogP contribution in [0.15, 0.2) is 0 Å². The monoisotopic (exact) mass is 249 g/mol. The van der Waals surface area contributed by atoms with Crippen LogP contribution in [0.1, 0.15) is 20.8 Å². The number of hydrogen-bond acceptors (Lipinski definition) is 5. The van der Waals surface area contributed by atoms with E-state index in [1.807, 2.05) is 20.8 Å². The van der Waals surface area contributed by atoms with Gasteiger partial charge in [-0.25, -0.2) is 0 Å². The first-order valence-electron chi connectivity index (χ1n) is 6.14. The molecule has 0 bridgehead atoms. The van der Waals surface area contributed by atoms with Crippen LogP contribution in [0.25, 0.3) is 0 Å². The first-order chi connectivity index (χ1) is 8.01. The zero-order valence-corrected chi connectivity index (χ0v) is 11.3. The topological polar surface area (TPSA) is 71.0 Å². The highest BCUT2D eigenvalue weighted by molar-refractivity contribution is 4.71. The van der Waals surface area contributed by atoms with Crippen LogP contribution in [0, 0.1) is 5.92 Å². The average molecular weight is 249 g/mol. The third-order valence-corrected chi connectivity index (χ3v) is 2.59. The van der Waals surface area contributed by atoms with Gasteiger partial charge in [0.2, 0.25) is 0 Å². The van der Waals surface area contributed by atoms with E-state index in [1.54, 1.807) is 7.11 Å². The van der Waals surface area contributed by atoms with Crippen molar-refractivity contribution in [1.82, 2.24) is 5.32 Å². The number of aliphatic hydroxyl groups is 2. The Morgan fingerprint density at radius 3 is 2.29 bits per heavy atom. The van der Waals surface area contributed by atoms with Gasteiger partial charge in [0.15, 0.2) is 0 Å². The Labute approximate surface area is 104 Å². The standard InChI is InChI=1S/C12H27NO4/c1-9(2)12(6-14)13-5-11(15)8-17-10(3)7-16-4/h9-15H,5-8H2,1-4H3. The molecule has 0 aromatic carbocycles. The molecule has 5 heteroatoms. The van der Waals surface area contributed by atoms with E-state index in [2.05, 4.69) is 5.32 Å². The number of ether oxygens (including phenoxy) is 2. The van der Waals surface area contributed by atoms with Crippen LogP contribution in [0.5, 0.6) is 0 Å². The van der Waals surface area contributed by atoms with Crippen molar-refractivity contribution in [3.05, 3.63) is 0 Å². The molecule has 3 N–H and O–H groups in total. The first kappa shape index (κ1) is 16.8. The van der Waals surface area contributed by atoms with Crippen LogP contribution < -0.4 is 5.32 Å². The van der Waals surface area contributed by atoms with E-state index in [9.17, 15) is 5.11 Å². The molecule has 0 aliphatic heterocycles. The molecule has 0 saturated heterocycles. The summed E-state index contributed by atoms with van der Waals surface area (Å²) in [7, 11) is 1.62. The zero-order chi connectivity index (χ0) is 13.3. The van der Waals surface area contributed by atoms with Crippen LogP contribution >= 0.6 is 0 Å². The van der Waals surface area contributed by atoms with Crippen molar-refractivity contribution >= 4 is 0 Å². The van der Waals surface area contributed by atoms with Crippen LogP contribution in [-0.2, 0) is 9.47 Å². The Balaban J connectivity index is 3.67. The maximum absolute atomic E-state index is 9.68. The van der Waals surface area contributed by atoms with Gasteiger partial charge < -0.3 is 25.0 Å². The van der Waals surface area contributed by atoms with E-state index in [1.165, 1.54) is 0 Å². The smallest absolute Gasteiger partial charge is 0.0897 e. The predicted octanol–water partition coefficient (Wildman–Crippen LogP) is 0.00530. The lowest BCUT2D eigenvalue weighted by molar-refractivity contribution is -0.0322. The third kappa shape index (κ3) is 8.51. The molecule has 0 fully saturated rings. The predicted molar refractivity (Wildman–Crippen MR) is 67.0 cm³/mol. The summed E-state index contributed by atoms with van der Waals surface area (Å²) in [5, 5.41) is 21.9. The fourth-order valence-electron chi connectivity index (χ4n) is 1.42. The highest BCUT2D eigenvalue weighted by Crippen LogP contribution is 2.00. The second-order valence-corrected chi connectivity index (χ2v) is 4.69. The molecular formula is C12H27NO4. The summed E-state index contributed by atoms with van der Waals surface area (Å²) >= 11 is 0. The molecule has 0 amide bonds. The van der Waals surface area contributed by atoms with Gasteiger partial charge in [-0.05, 0) is 12.8 Å². The Morgan fingerprint density at radius 2 is 1.82 bits per heavy atom. The first-order valence-corrected chi connectivity index (χ1v) is 6.14. The molecule has 17 heavy (non-hydrogen) atoms. The maximum atomic E-state index is 9.68. The van der Waals surface area contributed by atoms with E-state index in [0.717, 1.165) is 0 Å². The van der Waals surface area contributed by atoms with Crippen molar-refractivity contribution in [2.45, 2.75) is 39.0 Å². The van der Waals surface area contributed by atoms with Gasteiger partial charge in [-0.1, -0.05) is 13.8 Å². The van der Waals surface area contributed by atoms with Gasteiger partial charge in [0.05, 0.1) is 32.0 Å². The SMILES string of the molecule is COCC(C)OCC(O)CNC(CO)C(C)C. The van der Waals surface area contributed by atoms with Crippen molar-refractivity contribution < 1.29 is 19.7 Å². The second-order valence-electron chi connectivity index (χ2n) is 4.69. The summed E-state index contributed by atoms with van der Waals surface area (Å²) in [6.07, 6.45) is -0.588. The maximum Gasteiger partial charge on any atom is 0.0897 e. The molecule has 0 heterocycles. The molecule has 0 aliphatic rings. The molecule has 0 saturated carbocycles. The number of hydrogen-bond donors (Lipinski definition) is 3. The van der Waals surface area contributed by atoms with Crippen LogP contribution in [0.4, 0.5) is 0 Å². The number of rotatable bonds is 10. The lowest BCUT2D eigenvalue weighted by Gasteiger charge is -2.22. The molecule has 0 rings (SSSR count). The van der Waals surface area contributed by atoms with Gasteiger partial charge in [0, 0.05) is 19.7 Å². The van der Waals surface area contributed by atoms with Crippen molar-refractivity contribution in [2.24, 2.45) is 5.92 Å². The lowest BCUT2D eigenvalue weighted by atomic mass is 10.1. The quantitative estimate of drug-likeness (QED) is 0.508. The van der Waals surface area contributed by atoms with Crippen LogP contribution in [-0.4, -0.2) is 61.9 Å². The van der Waals surface area contributed by atoms with Gasteiger partial charge in [-0.2, -0.15) is 0 Å². The van der Waals surface area contributed by atoms with E-state index in [4.69, 9.17) is 14.6 Å². The summed E-state index contributed by atoms with van der Waals surface area (Å²) in [4.78, 5) is 0. The van der Waals surface area contributed by atoms with Gasteiger partial charge in [0.1, 0.15) is 0 Å². The molecule has 5 nitrogen and oxygen atoms in total. The van der Waals surface area contributed by atoms with Crippen molar-refractivity contribution in [1.29, 1.82) is 0 Å². The zero-order valence-electron chi connectivity index (χ0n) is 11.3. The molecule has 0 aromatic rings. The van der Waals surface area contributed by atoms with Crippen LogP contribution in [0.3, 0.4) is 0 Å². The molecule has 104 valence electrons. The summed E-state index contributed by atoms with van der Waals surface area (Å²) in [6.45, 7) is 7.23. The van der Waals surface area contributed by atoms with Crippen molar-refractivity contribution in [3.63, 3.8) is 0 Å². The molecular weight excluding hydrogens is 222 g/mol. The van der Waals surface area contributed by atoms with Gasteiger partial charge in [0.25, 0.3) is 0 Å². The molecule has 0 radical (unpaired) electrons. The Kier molecular flexibility index (Phi) is 9.68. The molecule has 0 aliphatic carbocycles. The highest BCUT2D eigenvalue weighted by Gasteiger charge is 2.14. The summed E-state index contributed by atoms with van der Waals surface area (Å²) < 4.78 is 10.3. The van der Waals surface area contributed by atoms with Crippen LogP contribution in [0.2, 0.25) is 0 Å². The van der Waals surface area contributed by atoms with E-state index in [-0.39, 0.29) is 25.4 Å². The molecule has 0 aromatic heterocycles. The summed E-state index contributed by atoms with van der Waals surface area (Å²) in [5.74, 6) is 0.334. The fourth-order valence-corrected chi connectivity index (χ4v) is 1.42. The Hall–Kier alpha value is -0.200. The average Bonchev–Trinajstić information content (AvgIpc) is 2.27. The molecule has 0 spiro atoms. The van der Waals surface area contributed by atoms with Gasteiger partial charge >= 0.3 is 0 Å². The number of nitrogens with one attached hydrogen (secondary N) is 1. The molecule has 3 unspecified atom stereocenters. The minimum atomic E-state index is -0.567. The Bertz CT molecular complexity index is 178. The van der Waals surface area contributed by atoms with E-state index < -0.39 is 6.10 Å². The number of aliphatic hydroxyl groups excluding tert-OH is 2. The van der Waals surface area contributed by atoms with Crippen molar-refractivity contribution in [2.75, 3.05) is 33.5 Å². The lowest BCUT2D eigenvalue weighted by Crippen LogP contribution is -2.42. The van der Waals surface area contributed by atoms with E-state index >= 15 is 0 Å². The highest BCUT2D eigenvalue weighted by atomic mass is 16.5. The minimum Gasteiger partial charge on any atom is -0.395 e. The Morgan fingerprint density at radius 1 is 1.18 bits per heavy atom. The minimum absolute atomic E-state index is 0.0149. The normalized spacial score (nSPS) is 17.1. The van der Waals surface area contributed by atoms with E-state index in [0.29, 0.717) is 19.1 Å². The van der Waals surface area contributed by atoms with Gasteiger partial charge in [-0.15, -0.1) is 0 Å². The third-order valence-electron chi connectivity index (χ3n) is 2.59. The fraction of sp³-hybridized carbons (Fsp3) is 1.00. The number of methoxy groups -OCH3 is 1. The van der Waals surface area contributed by atoms with Gasteiger partial charge in [-0.3, -0.25) is 0 Å². The van der Waals surface area contributed by atoms with Crippen molar-refractivity contribution in [3.8, 4) is 0 Å². The summed E-state index contributed by atoms with van der Waals surface area (Å²) in [6, 6.07) is 0.0149. The summed E-state index contributed by atoms with van der Waals surface area (Å²) in [5.41, 5.74) is 0. The second kappa shape index (κ2) is 9.79. The molecule has 3 atom stereocenters. The largest absolute Gasteiger partial charge is 0.395 e.